The Morgan fingerprint density at radius 3 is 2.84 bits per heavy atom. The van der Waals surface area contributed by atoms with E-state index in [0.29, 0.717) is 41.6 Å². The molecule has 1 saturated heterocycles. The summed E-state index contributed by atoms with van der Waals surface area (Å²) < 4.78 is 23.3. The molecule has 0 bridgehead atoms. The molecule has 5 rings (SSSR count). The Kier molecular flexibility index (Phi) is 5.12. The zero-order chi connectivity index (χ0) is 21.9. The van der Waals surface area contributed by atoms with Gasteiger partial charge in [-0.2, -0.15) is 5.26 Å². The number of benzene rings is 1. The van der Waals surface area contributed by atoms with E-state index in [4.69, 9.17) is 10.5 Å². The highest BCUT2D eigenvalue weighted by atomic mass is 32.2. The van der Waals surface area contributed by atoms with Gasteiger partial charge in [0.1, 0.15) is 17.0 Å². The van der Waals surface area contributed by atoms with Gasteiger partial charge in [0.15, 0.2) is 17.0 Å². The number of thioether (sulfide) groups is 1. The third-order valence-electron chi connectivity index (χ3n) is 6.59. The van der Waals surface area contributed by atoms with Gasteiger partial charge in [-0.15, -0.1) is 0 Å². The van der Waals surface area contributed by atoms with Crippen molar-refractivity contribution >= 4 is 28.4 Å². The van der Waals surface area contributed by atoms with Gasteiger partial charge in [-0.25, -0.2) is 4.39 Å². The van der Waals surface area contributed by atoms with E-state index in [1.54, 1.807) is 0 Å². The molecule has 9 heteroatoms. The minimum absolute atomic E-state index is 0.138. The van der Waals surface area contributed by atoms with E-state index in [1.165, 1.54) is 24.9 Å². The number of fused-ring (bicyclic) bond motifs is 2. The Labute approximate surface area is 183 Å². The second-order valence-corrected chi connectivity index (χ2v) is 9.72. The van der Waals surface area contributed by atoms with Crippen LogP contribution in [0.25, 0.3) is 10.9 Å². The zero-order valence-electron chi connectivity index (χ0n) is 17.3. The first-order valence-electron chi connectivity index (χ1n) is 10.7. The molecule has 3 atom stereocenters. The maximum atomic E-state index is 15.5. The van der Waals surface area contributed by atoms with Crippen molar-refractivity contribution in [3.8, 4) is 11.8 Å². The third-order valence-corrected chi connectivity index (χ3v) is 7.85. The highest BCUT2D eigenvalue weighted by Crippen LogP contribution is 2.51. The summed E-state index contributed by atoms with van der Waals surface area (Å²) in [7, 11) is 1.50. The number of anilines is 1. The molecule has 1 aliphatic carbocycles. The first kappa shape index (κ1) is 20.6. The van der Waals surface area contributed by atoms with Crippen LogP contribution in [0.3, 0.4) is 0 Å². The average molecular weight is 445 g/mol. The lowest BCUT2D eigenvalue weighted by molar-refractivity contribution is 0.188. The molecule has 3 N–H and O–H groups in total. The highest BCUT2D eigenvalue weighted by molar-refractivity contribution is 8.00. The first-order chi connectivity index (χ1) is 15.0. The van der Waals surface area contributed by atoms with Crippen LogP contribution >= 0.6 is 11.8 Å². The lowest BCUT2D eigenvalue weighted by Gasteiger charge is -2.35. The molecule has 3 unspecified atom stereocenters. The molecular formula is C22H25FN4O3S. The van der Waals surface area contributed by atoms with E-state index in [9.17, 15) is 15.2 Å². The number of ether oxygens (including phenoxy) is 1. The first-order valence-corrected chi connectivity index (χ1v) is 11.6. The van der Waals surface area contributed by atoms with Gasteiger partial charge in [0.05, 0.1) is 34.7 Å². The molecule has 164 valence electrons. The summed E-state index contributed by atoms with van der Waals surface area (Å²) in [5.74, 6) is 0.106. The lowest BCUT2D eigenvalue weighted by atomic mass is 9.97. The van der Waals surface area contributed by atoms with E-state index >= 15 is 4.39 Å². The number of nitrogens with two attached hydrogens (primary N) is 1. The fourth-order valence-corrected chi connectivity index (χ4v) is 6.19. The van der Waals surface area contributed by atoms with Crippen LogP contribution in [0.15, 0.2) is 15.9 Å². The van der Waals surface area contributed by atoms with Gasteiger partial charge in [-0.3, -0.25) is 4.79 Å². The van der Waals surface area contributed by atoms with E-state index in [0.717, 1.165) is 25.7 Å². The summed E-state index contributed by atoms with van der Waals surface area (Å²) in [5, 5.41) is 20.1. The van der Waals surface area contributed by atoms with Crippen molar-refractivity contribution in [2.45, 2.75) is 48.1 Å². The molecule has 7 nitrogen and oxygen atoms in total. The molecule has 1 aromatic carbocycles. The van der Waals surface area contributed by atoms with Crippen LogP contribution in [-0.4, -0.2) is 41.7 Å². The lowest BCUT2D eigenvalue weighted by Crippen LogP contribution is -2.39. The molecule has 1 aromatic heterocycles. The average Bonchev–Trinajstić information content (AvgIpc) is 3.56. The SMILES string of the molecule is COc1c(N2CCCC(CN)C2)c(F)cc2c(=O)c3c(n(C4CC4)c12)SC(C#N)C3O. The van der Waals surface area contributed by atoms with Crippen molar-refractivity contribution in [3.05, 3.63) is 27.7 Å². The molecule has 3 heterocycles. The van der Waals surface area contributed by atoms with Crippen molar-refractivity contribution in [3.63, 3.8) is 0 Å². The highest BCUT2D eigenvalue weighted by Gasteiger charge is 2.42. The van der Waals surface area contributed by atoms with E-state index in [2.05, 4.69) is 6.07 Å². The Hall–Kier alpha value is -2.28. The second kappa shape index (κ2) is 7.69. The minimum atomic E-state index is -1.19. The maximum absolute atomic E-state index is 15.5. The maximum Gasteiger partial charge on any atom is 0.196 e. The van der Waals surface area contributed by atoms with Gasteiger partial charge < -0.3 is 25.0 Å². The quantitative estimate of drug-likeness (QED) is 0.747. The number of piperidine rings is 1. The second-order valence-electron chi connectivity index (χ2n) is 8.59. The van der Waals surface area contributed by atoms with Crippen LogP contribution in [0, 0.1) is 23.1 Å². The van der Waals surface area contributed by atoms with E-state index < -0.39 is 22.6 Å². The topological polar surface area (TPSA) is 105 Å². The summed E-state index contributed by atoms with van der Waals surface area (Å²) in [6, 6.07) is 3.49. The molecule has 3 aliphatic rings. The molecule has 0 amide bonds. The van der Waals surface area contributed by atoms with Gasteiger partial charge in [0.25, 0.3) is 0 Å². The molecular weight excluding hydrogens is 419 g/mol. The van der Waals surface area contributed by atoms with Crippen LogP contribution in [0.5, 0.6) is 5.75 Å². The summed E-state index contributed by atoms with van der Waals surface area (Å²) in [5.41, 5.74) is 6.57. The predicted octanol–water partition coefficient (Wildman–Crippen LogP) is 2.69. The fourth-order valence-electron chi connectivity index (χ4n) is 4.94. The molecule has 0 radical (unpaired) electrons. The van der Waals surface area contributed by atoms with Gasteiger partial charge in [-0.05, 0) is 44.2 Å². The summed E-state index contributed by atoms with van der Waals surface area (Å²) in [6.45, 7) is 1.87. The van der Waals surface area contributed by atoms with Gasteiger partial charge in [-0.1, -0.05) is 11.8 Å². The van der Waals surface area contributed by atoms with Crippen molar-refractivity contribution in [1.82, 2.24) is 4.57 Å². The third kappa shape index (κ3) is 3.12. The number of nitriles is 1. The predicted molar refractivity (Wildman–Crippen MR) is 117 cm³/mol. The van der Waals surface area contributed by atoms with Gasteiger partial charge in [0.2, 0.25) is 0 Å². The molecule has 2 aromatic rings. The molecule has 1 saturated carbocycles. The number of hydrogen-bond acceptors (Lipinski definition) is 7. The van der Waals surface area contributed by atoms with Crippen molar-refractivity contribution in [2.24, 2.45) is 11.7 Å². The number of nitrogens with zero attached hydrogens (tertiary/aromatic N) is 3. The Morgan fingerprint density at radius 1 is 1.42 bits per heavy atom. The fraction of sp³-hybridized carbons (Fsp3) is 0.545. The molecule has 0 spiro atoms. The monoisotopic (exact) mass is 444 g/mol. The summed E-state index contributed by atoms with van der Waals surface area (Å²) in [6.07, 6.45) is 2.58. The normalized spacial score (nSPS) is 25.5. The Balaban J connectivity index is 1.80. The molecule has 2 aliphatic heterocycles. The number of methoxy groups -OCH3 is 1. The minimum Gasteiger partial charge on any atom is -0.492 e. The molecule has 31 heavy (non-hydrogen) atoms. The number of rotatable bonds is 4. The van der Waals surface area contributed by atoms with E-state index in [1.807, 2.05) is 9.47 Å². The van der Waals surface area contributed by atoms with Gasteiger partial charge in [0, 0.05) is 19.1 Å². The van der Waals surface area contributed by atoms with Gasteiger partial charge >= 0.3 is 0 Å². The number of aliphatic hydroxyl groups is 1. The standard InChI is InChI=1S/C22H25FN4O3S/c1-30-21-17-13(7-14(23)18(21)26-6-2-3-11(8-24)10-26)19(28)16-20(29)15(9-25)31-22(16)27(17)12-4-5-12/h7,11-12,15,20,29H,2-6,8,10,24H2,1H3. The number of aliphatic hydroxyl groups excluding tert-OH is 1. The smallest absolute Gasteiger partial charge is 0.196 e. The Bertz CT molecular complexity index is 1160. The van der Waals surface area contributed by atoms with Crippen molar-refractivity contribution < 1.29 is 14.2 Å². The number of aromatic nitrogens is 1. The summed E-state index contributed by atoms with van der Waals surface area (Å²) in [4.78, 5) is 15.3. The van der Waals surface area contributed by atoms with Crippen LogP contribution in [0.4, 0.5) is 10.1 Å². The molecule has 2 fully saturated rings. The van der Waals surface area contributed by atoms with E-state index in [-0.39, 0.29) is 22.9 Å². The number of halogens is 1. The van der Waals surface area contributed by atoms with Crippen LogP contribution in [0.2, 0.25) is 0 Å². The van der Waals surface area contributed by atoms with Crippen molar-refractivity contribution in [2.75, 3.05) is 31.6 Å². The Morgan fingerprint density at radius 2 is 2.19 bits per heavy atom. The van der Waals surface area contributed by atoms with Crippen LogP contribution in [0.1, 0.15) is 43.4 Å². The summed E-state index contributed by atoms with van der Waals surface area (Å²) >= 11 is 1.21. The largest absolute Gasteiger partial charge is 0.492 e. The van der Waals surface area contributed by atoms with Crippen molar-refractivity contribution in [1.29, 1.82) is 5.26 Å². The van der Waals surface area contributed by atoms with Crippen LogP contribution < -0.4 is 20.8 Å². The number of pyridine rings is 1. The number of hydrogen-bond donors (Lipinski definition) is 2. The zero-order valence-corrected chi connectivity index (χ0v) is 18.1. The van der Waals surface area contributed by atoms with Crippen LogP contribution in [-0.2, 0) is 0 Å².